The Labute approximate surface area is 249 Å². The van der Waals surface area contributed by atoms with Crippen molar-refractivity contribution in [1.82, 2.24) is 0 Å². The SMILES string of the molecule is COc1ccc(N(c2ccccc2)c2ccc(C=Cc3cc4cc(C#N)c5cccc6cc(C#N)c(c3)c4c65)cc2)cc1. The Morgan fingerprint density at radius 3 is 1.86 bits per heavy atom. The number of nitrogens with zero attached hydrogens (tertiary/aromatic N) is 3. The summed E-state index contributed by atoms with van der Waals surface area (Å²) in [4.78, 5) is 2.21. The number of nitriles is 2. The highest BCUT2D eigenvalue weighted by Gasteiger charge is 2.16. The first kappa shape index (κ1) is 25.8. The van der Waals surface area contributed by atoms with Crippen molar-refractivity contribution in [2.24, 2.45) is 0 Å². The number of para-hydroxylation sites is 1. The summed E-state index contributed by atoms with van der Waals surface area (Å²) in [6.45, 7) is 0. The average Bonchev–Trinajstić information content (AvgIpc) is 3.07. The number of benzene rings is 7. The Morgan fingerprint density at radius 1 is 0.558 bits per heavy atom. The first-order chi connectivity index (χ1) is 21.2. The molecule has 7 aromatic carbocycles. The van der Waals surface area contributed by atoms with Crippen LogP contribution in [-0.2, 0) is 0 Å². The third-order valence-corrected chi connectivity index (χ3v) is 7.92. The smallest absolute Gasteiger partial charge is 0.119 e. The third-order valence-electron chi connectivity index (χ3n) is 7.92. The summed E-state index contributed by atoms with van der Waals surface area (Å²) in [5.41, 5.74) is 6.44. The molecule has 202 valence electrons. The number of rotatable bonds is 6. The Kier molecular flexibility index (Phi) is 6.44. The molecule has 7 aromatic rings. The second-order valence-electron chi connectivity index (χ2n) is 10.4. The maximum absolute atomic E-state index is 9.99. The number of hydrogen-bond donors (Lipinski definition) is 0. The molecule has 0 aromatic heterocycles. The number of methoxy groups -OCH3 is 1. The van der Waals surface area contributed by atoms with Gasteiger partial charge in [-0.25, -0.2) is 0 Å². The lowest BCUT2D eigenvalue weighted by molar-refractivity contribution is 0.415. The van der Waals surface area contributed by atoms with Crippen LogP contribution in [0.15, 0.2) is 121 Å². The lowest BCUT2D eigenvalue weighted by atomic mass is 9.88. The van der Waals surface area contributed by atoms with Crippen LogP contribution in [-0.4, -0.2) is 7.11 Å². The highest BCUT2D eigenvalue weighted by atomic mass is 16.5. The first-order valence-electron chi connectivity index (χ1n) is 14.0. The van der Waals surface area contributed by atoms with Crippen molar-refractivity contribution in [3.63, 3.8) is 0 Å². The van der Waals surface area contributed by atoms with Gasteiger partial charge in [-0.1, -0.05) is 60.7 Å². The number of hydrogen-bond acceptors (Lipinski definition) is 4. The highest BCUT2D eigenvalue weighted by molar-refractivity contribution is 6.25. The molecular formula is C39H25N3O. The molecule has 4 nitrogen and oxygen atoms in total. The maximum Gasteiger partial charge on any atom is 0.119 e. The molecule has 0 heterocycles. The van der Waals surface area contributed by atoms with Gasteiger partial charge in [0.1, 0.15) is 5.75 Å². The Bertz CT molecular complexity index is 2220. The molecule has 4 heteroatoms. The molecule has 43 heavy (non-hydrogen) atoms. The molecule has 7 rings (SSSR count). The Balaban J connectivity index is 1.27. The van der Waals surface area contributed by atoms with Crippen LogP contribution in [0, 0.1) is 22.7 Å². The zero-order chi connectivity index (χ0) is 29.3. The van der Waals surface area contributed by atoms with Crippen molar-refractivity contribution in [3.8, 4) is 17.9 Å². The predicted molar refractivity (Wildman–Crippen MR) is 176 cm³/mol. The summed E-state index contributed by atoms with van der Waals surface area (Å²) < 4.78 is 5.36. The van der Waals surface area contributed by atoms with E-state index in [1.165, 1.54) is 0 Å². The van der Waals surface area contributed by atoms with Crippen LogP contribution >= 0.6 is 0 Å². The van der Waals surface area contributed by atoms with Gasteiger partial charge < -0.3 is 9.64 Å². The van der Waals surface area contributed by atoms with Crippen molar-refractivity contribution in [3.05, 3.63) is 144 Å². The summed E-state index contributed by atoms with van der Waals surface area (Å²) in [6, 6.07) is 45.5. The molecular weight excluding hydrogens is 526 g/mol. The van der Waals surface area contributed by atoms with E-state index in [4.69, 9.17) is 4.74 Å². The standard InChI is InChI=1S/C39H25N3O/c1-43-35-18-16-34(17-19-35)42(32-7-3-2-4-8-32)33-14-12-26(13-15-33)10-11-27-20-29-23-30(24-40)36-9-5-6-28-22-31(25-41)37(21-27)39(29)38(28)36/h2-23H,1H3. The van der Waals surface area contributed by atoms with Gasteiger partial charge in [-0.15, -0.1) is 0 Å². The van der Waals surface area contributed by atoms with Crippen LogP contribution < -0.4 is 9.64 Å². The minimum absolute atomic E-state index is 0.633. The Hall–Kier alpha value is -6.10. The average molecular weight is 552 g/mol. The normalized spacial score (nSPS) is 11.2. The van der Waals surface area contributed by atoms with E-state index in [0.717, 1.165) is 66.3 Å². The van der Waals surface area contributed by atoms with E-state index in [0.29, 0.717) is 11.1 Å². The fraction of sp³-hybridized carbons (Fsp3) is 0.0256. The minimum atomic E-state index is 0.633. The van der Waals surface area contributed by atoms with Crippen LogP contribution in [0.4, 0.5) is 17.1 Å². The largest absolute Gasteiger partial charge is 0.497 e. The first-order valence-corrected chi connectivity index (χ1v) is 14.0. The second kappa shape index (κ2) is 10.7. The molecule has 0 saturated carbocycles. The van der Waals surface area contributed by atoms with Crippen LogP contribution in [0.1, 0.15) is 22.3 Å². The van der Waals surface area contributed by atoms with Crippen LogP contribution in [0.5, 0.6) is 5.75 Å². The van der Waals surface area contributed by atoms with Crippen molar-refractivity contribution in [1.29, 1.82) is 10.5 Å². The quantitative estimate of drug-likeness (QED) is 0.152. The fourth-order valence-corrected chi connectivity index (χ4v) is 5.92. The summed E-state index contributed by atoms with van der Waals surface area (Å²) >= 11 is 0. The van der Waals surface area contributed by atoms with Crippen molar-refractivity contribution in [2.45, 2.75) is 0 Å². The van der Waals surface area contributed by atoms with E-state index in [9.17, 15) is 10.5 Å². The number of anilines is 3. The molecule has 0 N–H and O–H groups in total. The van der Waals surface area contributed by atoms with Gasteiger partial charge in [0.25, 0.3) is 0 Å². The lowest BCUT2D eigenvalue weighted by Gasteiger charge is -2.25. The summed E-state index contributed by atoms with van der Waals surface area (Å²) in [6.07, 6.45) is 4.14. The Morgan fingerprint density at radius 2 is 1.16 bits per heavy atom. The van der Waals surface area contributed by atoms with E-state index < -0.39 is 0 Å². The lowest BCUT2D eigenvalue weighted by Crippen LogP contribution is -2.09. The zero-order valence-electron chi connectivity index (χ0n) is 23.5. The van der Waals surface area contributed by atoms with Gasteiger partial charge in [0.05, 0.1) is 30.4 Å². The third kappa shape index (κ3) is 4.58. The van der Waals surface area contributed by atoms with Gasteiger partial charge in [0, 0.05) is 27.8 Å². The number of ether oxygens (including phenoxy) is 1. The summed E-state index contributed by atoms with van der Waals surface area (Å²) in [5, 5.41) is 25.7. The molecule has 0 aliphatic heterocycles. The van der Waals surface area contributed by atoms with E-state index in [2.05, 4.69) is 89.9 Å². The predicted octanol–water partition coefficient (Wildman–Crippen LogP) is 9.98. The fourth-order valence-electron chi connectivity index (χ4n) is 5.92. The van der Waals surface area contributed by atoms with E-state index in [1.807, 2.05) is 60.7 Å². The van der Waals surface area contributed by atoms with Gasteiger partial charge >= 0.3 is 0 Å². The van der Waals surface area contributed by atoms with Crippen LogP contribution in [0.25, 0.3) is 44.5 Å². The molecule has 0 spiro atoms. The van der Waals surface area contributed by atoms with Gasteiger partial charge in [-0.2, -0.15) is 10.5 Å². The van der Waals surface area contributed by atoms with Gasteiger partial charge in [0.2, 0.25) is 0 Å². The van der Waals surface area contributed by atoms with Gasteiger partial charge in [-0.3, -0.25) is 0 Å². The molecule has 0 unspecified atom stereocenters. The molecule has 0 aliphatic carbocycles. The van der Waals surface area contributed by atoms with Crippen molar-refractivity contribution < 1.29 is 4.74 Å². The molecule has 0 amide bonds. The summed E-state index contributed by atoms with van der Waals surface area (Å²) in [5.74, 6) is 0.815. The van der Waals surface area contributed by atoms with Crippen LogP contribution in [0.3, 0.4) is 0 Å². The van der Waals surface area contributed by atoms with Gasteiger partial charge in [-0.05, 0) is 105 Å². The zero-order valence-corrected chi connectivity index (χ0v) is 23.5. The molecule has 0 saturated heterocycles. The molecule has 0 bridgehead atoms. The van der Waals surface area contributed by atoms with Gasteiger partial charge in [0.15, 0.2) is 0 Å². The summed E-state index contributed by atoms with van der Waals surface area (Å²) in [7, 11) is 1.67. The highest BCUT2D eigenvalue weighted by Crippen LogP contribution is 2.39. The minimum Gasteiger partial charge on any atom is -0.497 e. The molecule has 0 atom stereocenters. The molecule has 0 fully saturated rings. The van der Waals surface area contributed by atoms with E-state index in [-0.39, 0.29) is 0 Å². The monoisotopic (exact) mass is 551 g/mol. The molecule has 0 aliphatic rings. The molecule has 0 radical (unpaired) electrons. The van der Waals surface area contributed by atoms with E-state index in [1.54, 1.807) is 7.11 Å². The van der Waals surface area contributed by atoms with Crippen molar-refractivity contribution in [2.75, 3.05) is 12.0 Å². The van der Waals surface area contributed by atoms with Crippen molar-refractivity contribution >= 4 is 61.5 Å². The van der Waals surface area contributed by atoms with E-state index >= 15 is 0 Å². The van der Waals surface area contributed by atoms with Crippen LogP contribution in [0.2, 0.25) is 0 Å². The second-order valence-corrected chi connectivity index (χ2v) is 10.4. The maximum atomic E-state index is 9.99. The topological polar surface area (TPSA) is 60.0 Å².